The van der Waals surface area contributed by atoms with Gasteiger partial charge in [0, 0.05) is 37.8 Å². The fourth-order valence-corrected chi connectivity index (χ4v) is 3.82. The molecule has 0 saturated carbocycles. The second kappa shape index (κ2) is 11.0. The lowest BCUT2D eigenvalue weighted by atomic mass is 10.2. The van der Waals surface area contributed by atoms with Crippen LogP contribution in [0.1, 0.15) is 28.8 Å². The fourth-order valence-electron chi connectivity index (χ4n) is 3.52. The molecule has 1 amide bonds. The molecule has 0 radical (unpaired) electrons. The Balaban J connectivity index is 1.43. The molecule has 0 spiro atoms. The van der Waals surface area contributed by atoms with Gasteiger partial charge in [0.2, 0.25) is 0 Å². The molecule has 2 aromatic carbocycles. The van der Waals surface area contributed by atoms with E-state index < -0.39 is 0 Å². The second-order valence-electron chi connectivity index (χ2n) is 7.97. The molecular weight excluding hydrogens is 421 g/mol. The van der Waals surface area contributed by atoms with Crippen LogP contribution in [0, 0.1) is 0 Å². The molecule has 0 aliphatic carbocycles. The molecule has 1 saturated heterocycles. The number of ether oxygens (including phenoxy) is 1. The van der Waals surface area contributed by atoms with Gasteiger partial charge in [-0.15, -0.1) is 0 Å². The maximum absolute atomic E-state index is 12.5. The molecule has 0 aromatic heterocycles. The van der Waals surface area contributed by atoms with Gasteiger partial charge in [-0.1, -0.05) is 35.3 Å². The zero-order valence-electron chi connectivity index (χ0n) is 17.5. The molecule has 1 aliphatic heterocycles. The maximum atomic E-state index is 12.5. The van der Waals surface area contributed by atoms with Gasteiger partial charge in [-0.25, -0.2) is 0 Å². The third-order valence-electron chi connectivity index (χ3n) is 5.14. The molecule has 30 heavy (non-hydrogen) atoms. The Hall–Kier alpha value is -1.79. The van der Waals surface area contributed by atoms with Crippen molar-refractivity contribution in [2.24, 2.45) is 0 Å². The van der Waals surface area contributed by atoms with E-state index in [2.05, 4.69) is 41.3 Å². The Bertz CT molecular complexity index is 843. The summed E-state index contributed by atoms with van der Waals surface area (Å²) in [6.45, 7) is 4.39. The van der Waals surface area contributed by atoms with Crippen molar-refractivity contribution in [1.82, 2.24) is 15.1 Å². The van der Waals surface area contributed by atoms with Crippen molar-refractivity contribution in [2.45, 2.75) is 25.4 Å². The van der Waals surface area contributed by atoms with E-state index in [0.717, 1.165) is 51.4 Å². The summed E-state index contributed by atoms with van der Waals surface area (Å²) >= 11 is 11.9. The van der Waals surface area contributed by atoms with Gasteiger partial charge in [0.05, 0.1) is 16.7 Å². The van der Waals surface area contributed by atoms with E-state index in [0.29, 0.717) is 15.6 Å². The number of nitrogens with zero attached hydrogens (tertiary/aromatic N) is 2. The van der Waals surface area contributed by atoms with Gasteiger partial charge in [0.1, 0.15) is 5.75 Å². The van der Waals surface area contributed by atoms with Crippen LogP contribution in [0.2, 0.25) is 10.0 Å². The number of benzene rings is 2. The quantitative estimate of drug-likeness (QED) is 0.578. The molecule has 5 nitrogen and oxygen atoms in total. The van der Waals surface area contributed by atoms with Crippen LogP contribution >= 0.6 is 23.2 Å². The number of halogens is 2. The number of hydrogen-bond acceptors (Lipinski definition) is 4. The zero-order chi connectivity index (χ0) is 21.5. The number of hydrogen-bond donors (Lipinski definition) is 1. The number of amides is 1. The standard InChI is InChI=1S/C23H29Cl2N3O2/c1-27(2)11-3-13-30-20-7-4-17(5-8-20)15-28-12-10-19(16-28)26-23(29)18-6-9-21(24)22(25)14-18/h4-9,14,19H,3,10-13,15-16H2,1-2H3,(H,26,29). The van der Waals surface area contributed by atoms with Crippen molar-refractivity contribution in [1.29, 1.82) is 0 Å². The minimum Gasteiger partial charge on any atom is -0.494 e. The van der Waals surface area contributed by atoms with Gasteiger partial charge in [-0.05, 0) is 62.8 Å². The van der Waals surface area contributed by atoms with Crippen LogP contribution in [0.25, 0.3) is 0 Å². The summed E-state index contributed by atoms with van der Waals surface area (Å²) in [5.74, 6) is 0.793. The summed E-state index contributed by atoms with van der Waals surface area (Å²) in [5, 5.41) is 3.94. The number of carbonyl (C=O) groups is 1. The minimum absolute atomic E-state index is 0.115. The first-order valence-electron chi connectivity index (χ1n) is 10.3. The molecule has 1 aliphatic rings. The molecule has 1 N–H and O–H groups in total. The van der Waals surface area contributed by atoms with E-state index in [-0.39, 0.29) is 11.9 Å². The smallest absolute Gasteiger partial charge is 0.251 e. The van der Waals surface area contributed by atoms with Crippen molar-refractivity contribution in [3.05, 3.63) is 63.6 Å². The van der Waals surface area contributed by atoms with E-state index in [1.165, 1.54) is 5.56 Å². The van der Waals surface area contributed by atoms with Crippen LogP contribution < -0.4 is 10.1 Å². The summed E-state index contributed by atoms with van der Waals surface area (Å²) in [6.07, 6.45) is 1.94. The predicted octanol–water partition coefficient (Wildman–Crippen LogP) is 4.33. The summed E-state index contributed by atoms with van der Waals surface area (Å²) in [7, 11) is 4.13. The van der Waals surface area contributed by atoms with Crippen LogP contribution in [-0.2, 0) is 6.54 Å². The van der Waals surface area contributed by atoms with E-state index in [4.69, 9.17) is 27.9 Å². The summed E-state index contributed by atoms with van der Waals surface area (Å²) in [5.41, 5.74) is 1.77. The lowest BCUT2D eigenvalue weighted by molar-refractivity contribution is 0.0937. The normalized spacial score (nSPS) is 16.8. The minimum atomic E-state index is -0.115. The molecule has 1 unspecified atom stereocenters. The highest BCUT2D eigenvalue weighted by Crippen LogP contribution is 2.23. The molecular formula is C23H29Cl2N3O2. The third kappa shape index (κ3) is 6.88. The highest BCUT2D eigenvalue weighted by molar-refractivity contribution is 6.42. The average molecular weight is 450 g/mol. The van der Waals surface area contributed by atoms with Crippen molar-refractivity contribution < 1.29 is 9.53 Å². The van der Waals surface area contributed by atoms with Gasteiger partial charge in [-0.3, -0.25) is 9.69 Å². The molecule has 3 rings (SSSR count). The molecule has 7 heteroatoms. The lowest BCUT2D eigenvalue weighted by Gasteiger charge is -2.17. The molecule has 162 valence electrons. The first-order chi connectivity index (χ1) is 14.4. The van der Waals surface area contributed by atoms with Crippen molar-refractivity contribution in [3.8, 4) is 5.75 Å². The first kappa shape index (κ1) is 22.9. The average Bonchev–Trinajstić information content (AvgIpc) is 3.15. The predicted molar refractivity (Wildman–Crippen MR) is 123 cm³/mol. The maximum Gasteiger partial charge on any atom is 0.251 e. The highest BCUT2D eigenvalue weighted by Gasteiger charge is 2.24. The Labute approximate surface area is 188 Å². The van der Waals surface area contributed by atoms with Crippen LogP contribution in [0.3, 0.4) is 0 Å². The van der Waals surface area contributed by atoms with Crippen LogP contribution in [0.5, 0.6) is 5.75 Å². The molecule has 2 aromatic rings. The van der Waals surface area contributed by atoms with Gasteiger partial charge in [0.25, 0.3) is 5.91 Å². The van der Waals surface area contributed by atoms with Gasteiger partial charge in [-0.2, -0.15) is 0 Å². The molecule has 0 bridgehead atoms. The van der Waals surface area contributed by atoms with E-state index in [9.17, 15) is 4.79 Å². The van der Waals surface area contributed by atoms with Crippen molar-refractivity contribution in [3.63, 3.8) is 0 Å². The number of rotatable bonds is 9. The monoisotopic (exact) mass is 449 g/mol. The van der Waals surface area contributed by atoms with Gasteiger partial charge >= 0.3 is 0 Å². The van der Waals surface area contributed by atoms with Crippen molar-refractivity contribution in [2.75, 3.05) is 40.3 Å². The van der Waals surface area contributed by atoms with Crippen LogP contribution in [-0.4, -0.2) is 62.1 Å². The summed E-state index contributed by atoms with van der Waals surface area (Å²) in [6, 6.07) is 13.4. The van der Waals surface area contributed by atoms with E-state index in [1.54, 1.807) is 18.2 Å². The molecule has 1 fully saturated rings. The Morgan fingerprint density at radius 3 is 2.63 bits per heavy atom. The Morgan fingerprint density at radius 1 is 1.17 bits per heavy atom. The van der Waals surface area contributed by atoms with E-state index in [1.807, 2.05) is 12.1 Å². The fraction of sp³-hybridized carbons (Fsp3) is 0.435. The number of likely N-dealkylation sites (tertiary alicyclic amines) is 1. The zero-order valence-corrected chi connectivity index (χ0v) is 19.0. The largest absolute Gasteiger partial charge is 0.494 e. The second-order valence-corrected chi connectivity index (χ2v) is 8.79. The molecule has 1 atom stereocenters. The highest BCUT2D eigenvalue weighted by atomic mass is 35.5. The van der Waals surface area contributed by atoms with Gasteiger partial charge < -0.3 is 15.0 Å². The molecule has 1 heterocycles. The Kier molecular flexibility index (Phi) is 8.40. The van der Waals surface area contributed by atoms with E-state index >= 15 is 0 Å². The van der Waals surface area contributed by atoms with Gasteiger partial charge in [0.15, 0.2) is 0 Å². The van der Waals surface area contributed by atoms with Crippen molar-refractivity contribution >= 4 is 29.1 Å². The lowest BCUT2D eigenvalue weighted by Crippen LogP contribution is -2.37. The summed E-state index contributed by atoms with van der Waals surface area (Å²) in [4.78, 5) is 17.0. The van der Waals surface area contributed by atoms with Crippen LogP contribution in [0.4, 0.5) is 0 Å². The SMILES string of the molecule is CN(C)CCCOc1ccc(CN2CCC(NC(=O)c3ccc(Cl)c(Cl)c3)C2)cc1. The number of nitrogens with one attached hydrogen (secondary N) is 1. The topological polar surface area (TPSA) is 44.8 Å². The Morgan fingerprint density at radius 2 is 1.93 bits per heavy atom. The third-order valence-corrected chi connectivity index (χ3v) is 5.88. The van der Waals surface area contributed by atoms with Crippen LogP contribution in [0.15, 0.2) is 42.5 Å². The summed E-state index contributed by atoms with van der Waals surface area (Å²) < 4.78 is 5.79. The number of carbonyl (C=O) groups excluding carboxylic acids is 1. The first-order valence-corrected chi connectivity index (χ1v) is 11.0.